The Morgan fingerprint density at radius 1 is 0.744 bits per heavy atom. The van der Waals surface area contributed by atoms with E-state index in [-0.39, 0.29) is 23.2 Å². The summed E-state index contributed by atoms with van der Waals surface area (Å²) in [6, 6.07) is 15.1. The molecule has 3 aromatic carbocycles. The lowest BCUT2D eigenvalue weighted by Crippen LogP contribution is -2.20. The van der Waals surface area contributed by atoms with E-state index in [0.29, 0.717) is 29.2 Å². The molecule has 1 aliphatic rings. The zero-order valence-corrected chi connectivity index (χ0v) is 23.3. The highest BCUT2D eigenvalue weighted by molar-refractivity contribution is 5.71. The first kappa shape index (κ1) is 29.2. The molecule has 4 rings (SSSR count). The van der Waals surface area contributed by atoms with E-state index in [2.05, 4.69) is 6.92 Å². The first-order chi connectivity index (χ1) is 19.0. The Labute approximate surface area is 231 Å². The number of benzene rings is 3. The van der Waals surface area contributed by atoms with Crippen LogP contribution < -0.4 is 4.74 Å². The standard InChI is InChI=1S/C34H41F3O2/c1-3-5-7-8-9-10-24-11-19-31(39-23-24)27-16-17-28(30(35)22-27)25-12-14-26(15-13-25)29-18-20-32(34(37)33(29)36)38-21-6-4-2/h12-18,20,22,24,31H,3-11,19,21,23H2,1-2H3. The number of rotatable bonds is 13. The van der Waals surface area contributed by atoms with Crippen LogP contribution in [0.25, 0.3) is 22.3 Å². The summed E-state index contributed by atoms with van der Waals surface area (Å²) in [4.78, 5) is 0. The Morgan fingerprint density at radius 2 is 1.44 bits per heavy atom. The van der Waals surface area contributed by atoms with Crippen LogP contribution in [0.15, 0.2) is 54.6 Å². The van der Waals surface area contributed by atoms with Crippen LogP contribution in [-0.4, -0.2) is 13.2 Å². The zero-order chi connectivity index (χ0) is 27.6. The summed E-state index contributed by atoms with van der Waals surface area (Å²) in [6.45, 7) is 5.33. The van der Waals surface area contributed by atoms with E-state index in [0.717, 1.165) is 37.9 Å². The fourth-order valence-electron chi connectivity index (χ4n) is 5.32. The van der Waals surface area contributed by atoms with Crippen LogP contribution in [0.3, 0.4) is 0 Å². The maximum atomic E-state index is 15.2. The van der Waals surface area contributed by atoms with Gasteiger partial charge in [-0.3, -0.25) is 0 Å². The van der Waals surface area contributed by atoms with Crippen LogP contribution in [0.4, 0.5) is 13.2 Å². The van der Waals surface area contributed by atoms with Gasteiger partial charge < -0.3 is 9.47 Å². The van der Waals surface area contributed by atoms with Crippen LogP contribution in [0, 0.1) is 23.4 Å². The molecule has 0 bridgehead atoms. The summed E-state index contributed by atoms with van der Waals surface area (Å²) >= 11 is 0. The molecule has 0 radical (unpaired) electrons. The van der Waals surface area contributed by atoms with Crippen molar-refractivity contribution in [1.82, 2.24) is 0 Å². The van der Waals surface area contributed by atoms with Gasteiger partial charge in [-0.1, -0.05) is 88.8 Å². The Morgan fingerprint density at radius 3 is 2.10 bits per heavy atom. The minimum absolute atomic E-state index is 0.0703. The number of hydrogen-bond donors (Lipinski definition) is 0. The summed E-state index contributed by atoms with van der Waals surface area (Å²) < 4.78 is 56.0. The van der Waals surface area contributed by atoms with Gasteiger partial charge in [-0.05, 0) is 66.5 Å². The van der Waals surface area contributed by atoms with Gasteiger partial charge in [0.05, 0.1) is 19.3 Å². The smallest absolute Gasteiger partial charge is 0.201 e. The van der Waals surface area contributed by atoms with Gasteiger partial charge in [0.15, 0.2) is 11.6 Å². The number of halogens is 3. The lowest BCUT2D eigenvalue weighted by molar-refractivity contribution is -0.0200. The van der Waals surface area contributed by atoms with Crippen molar-refractivity contribution in [3.05, 3.63) is 77.6 Å². The average Bonchev–Trinajstić information content (AvgIpc) is 2.96. The molecule has 2 atom stereocenters. The summed E-state index contributed by atoms with van der Waals surface area (Å²) in [5, 5.41) is 0. The van der Waals surface area contributed by atoms with Crippen molar-refractivity contribution < 1.29 is 22.6 Å². The van der Waals surface area contributed by atoms with Crippen LogP contribution in [0.2, 0.25) is 0 Å². The fourth-order valence-corrected chi connectivity index (χ4v) is 5.32. The van der Waals surface area contributed by atoms with Gasteiger partial charge >= 0.3 is 0 Å². The Kier molecular flexibility index (Phi) is 10.9. The predicted molar refractivity (Wildman–Crippen MR) is 152 cm³/mol. The van der Waals surface area contributed by atoms with Crippen LogP contribution >= 0.6 is 0 Å². The SMILES string of the molecule is CCCCCCCC1CCC(c2ccc(-c3ccc(-c4ccc(OCCCC)c(F)c4F)cc3)c(F)c2)OC1. The van der Waals surface area contributed by atoms with Gasteiger partial charge in [0, 0.05) is 11.1 Å². The molecular formula is C34H41F3O2. The Balaban J connectivity index is 1.37. The minimum atomic E-state index is -0.988. The molecule has 1 heterocycles. The highest BCUT2D eigenvalue weighted by Gasteiger charge is 2.24. The highest BCUT2D eigenvalue weighted by Crippen LogP contribution is 2.36. The number of hydrogen-bond acceptors (Lipinski definition) is 2. The van der Waals surface area contributed by atoms with Crippen molar-refractivity contribution in [1.29, 1.82) is 0 Å². The largest absolute Gasteiger partial charge is 0.490 e. The lowest BCUT2D eigenvalue weighted by atomic mass is 9.90. The van der Waals surface area contributed by atoms with Crippen LogP contribution in [0.5, 0.6) is 5.75 Å². The number of unbranched alkanes of at least 4 members (excludes halogenated alkanes) is 5. The molecular weight excluding hydrogens is 497 g/mol. The first-order valence-corrected chi connectivity index (χ1v) is 14.6. The lowest BCUT2D eigenvalue weighted by Gasteiger charge is -2.29. The van der Waals surface area contributed by atoms with E-state index >= 15 is 4.39 Å². The second kappa shape index (κ2) is 14.6. The second-order valence-corrected chi connectivity index (χ2v) is 10.7. The molecule has 1 saturated heterocycles. The third kappa shape index (κ3) is 7.66. The summed E-state index contributed by atoms with van der Waals surface area (Å²) in [5.74, 6) is -1.72. The molecule has 5 heteroatoms. The van der Waals surface area contributed by atoms with Crippen LogP contribution in [0.1, 0.15) is 89.7 Å². The van der Waals surface area contributed by atoms with E-state index in [1.165, 1.54) is 50.7 Å². The normalized spacial score (nSPS) is 17.4. The summed E-state index contributed by atoms with van der Waals surface area (Å²) in [6.07, 6.45) is 11.3. The Bertz CT molecular complexity index is 1180. The van der Waals surface area contributed by atoms with E-state index < -0.39 is 11.6 Å². The molecule has 0 spiro atoms. The molecule has 0 aromatic heterocycles. The molecule has 1 fully saturated rings. The number of ether oxygens (including phenoxy) is 2. The van der Waals surface area contributed by atoms with E-state index in [4.69, 9.17) is 9.47 Å². The quantitative estimate of drug-likeness (QED) is 0.202. The van der Waals surface area contributed by atoms with Crippen molar-refractivity contribution >= 4 is 0 Å². The second-order valence-electron chi connectivity index (χ2n) is 10.7. The van der Waals surface area contributed by atoms with Crippen molar-refractivity contribution in [3.8, 4) is 28.0 Å². The van der Waals surface area contributed by atoms with Gasteiger partial charge in [-0.25, -0.2) is 8.78 Å². The van der Waals surface area contributed by atoms with Gasteiger partial charge in [-0.2, -0.15) is 4.39 Å². The zero-order valence-electron chi connectivity index (χ0n) is 23.3. The highest BCUT2D eigenvalue weighted by atomic mass is 19.2. The molecule has 0 aliphatic carbocycles. The maximum absolute atomic E-state index is 15.2. The summed E-state index contributed by atoms with van der Waals surface area (Å²) in [7, 11) is 0. The van der Waals surface area contributed by atoms with Gasteiger partial charge in [0.1, 0.15) is 5.82 Å². The average molecular weight is 539 g/mol. The molecule has 39 heavy (non-hydrogen) atoms. The van der Waals surface area contributed by atoms with Crippen molar-refractivity contribution in [2.24, 2.45) is 5.92 Å². The monoisotopic (exact) mass is 538 g/mol. The van der Waals surface area contributed by atoms with E-state index in [1.54, 1.807) is 36.4 Å². The molecule has 1 aliphatic heterocycles. The third-order valence-corrected chi connectivity index (χ3v) is 7.76. The molecule has 2 unspecified atom stereocenters. The van der Waals surface area contributed by atoms with Gasteiger partial charge in [0.25, 0.3) is 0 Å². The molecule has 3 aromatic rings. The van der Waals surface area contributed by atoms with Crippen molar-refractivity contribution in [2.75, 3.05) is 13.2 Å². The molecule has 0 N–H and O–H groups in total. The fraction of sp³-hybridized carbons (Fsp3) is 0.471. The maximum Gasteiger partial charge on any atom is 0.201 e. The van der Waals surface area contributed by atoms with E-state index in [9.17, 15) is 8.78 Å². The topological polar surface area (TPSA) is 18.5 Å². The van der Waals surface area contributed by atoms with Gasteiger partial charge in [-0.15, -0.1) is 0 Å². The summed E-state index contributed by atoms with van der Waals surface area (Å²) in [5.41, 5.74) is 2.68. The minimum Gasteiger partial charge on any atom is -0.490 e. The van der Waals surface area contributed by atoms with Crippen molar-refractivity contribution in [3.63, 3.8) is 0 Å². The van der Waals surface area contributed by atoms with Crippen LogP contribution in [-0.2, 0) is 4.74 Å². The van der Waals surface area contributed by atoms with Crippen molar-refractivity contribution in [2.45, 2.75) is 84.2 Å². The molecule has 2 nitrogen and oxygen atoms in total. The third-order valence-electron chi connectivity index (χ3n) is 7.76. The molecule has 0 saturated carbocycles. The Hall–Kier alpha value is -2.79. The molecule has 210 valence electrons. The first-order valence-electron chi connectivity index (χ1n) is 14.6. The molecule has 0 amide bonds. The van der Waals surface area contributed by atoms with E-state index in [1.807, 2.05) is 13.0 Å². The van der Waals surface area contributed by atoms with Gasteiger partial charge in [0.2, 0.25) is 5.82 Å². The predicted octanol–water partition coefficient (Wildman–Crippen LogP) is 10.4.